The van der Waals surface area contributed by atoms with Crippen molar-refractivity contribution in [2.45, 2.75) is 45.3 Å². The second-order valence-electron chi connectivity index (χ2n) is 3.91. The van der Waals surface area contributed by atoms with Crippen LogP contribution in [0.4, 0.5) is 0 Å². The molecule has 2 heteroatoms. The Morgan fingerprint density at radius 1 is 1.45 bits per heavy atom. The van der Waals surface area contributed by atoms with Gasteiger partial charge in [0.05, 0.1) is 4.75 Å². The SMILES string of the molecule is CC(C)CCC(=O)C(C)(C)S. The number of thiol groups is 1. The average molecular weight is 174 g/mol. The predicted octanol–water partition coefficient (Wildman–Crippen LogP) is 2.70. The van der Waals surface area contributed by atoms with E-state index in [0.717, 1.165) is 6.42 Å². The fraction of sp³-hybridized carbons (Fsp3) is 0.889. The van der Waals surface area contributed by atoms with E-state index in [4.69, 9.17) is 0 Å². The highest BCUT2D eigenvalue weighted by atomic mass is 32.1. The smallest absolute Gasteiger partial charge is 0.148 e. The quantitative estimate of drug-likeness (QED) is 0.648. The molecule has 0 heterocycles. The third-order valence-electron chi connectivity index (χ3n) is 1.63. The number of rotatable bonds is 4. The Kier molecular flexibility index (Phi) is 4.16. The van der Waals surface area contributed by atoms with Crippen molar-refractivity contribution in [1.29, 1.82) is 0 Å². The lowest BCUT2D eigenvalue weighted by Gasteiger charge is -2.15. The molecule has 0 aliphatic rings. The van der Waals surface area contributed by atoms with Crippen LogP contribution in [-0.2, 0) is 4.79 Å². The van der Waals surface area contributed by atoms with Gasteiger partial charge in [0.15, 0.2) is 0 Å². The summed E-state index contributed by atoms with van der Waals surface area (Å²) in [5.74, 6) is 0.851. The molecule has 1 nitrogen and oxygen atoms in total. The van der Waals surface area contributed by atoms with Gasteiger partial charge in [0.2, 0.25) is 0 Å². The van der Waals surface area contributed by atoms with Crippen LogP contribution in [-0.4, -0.2) is 10.5 Å². The monoisotopic (exact) mass is 174 g/mol. The number of carbonyl (C=O) groups is 1. The van der Waals surface area contributed by atoms with Crippen molar-refractivity contribution >= 4 is 18.4 Å². The van der Waals surface area contributed by atoms with E-state index in [1.807, 2.05) is 13.8 Å². The second-order valence-corrected chi connectivity index (χ2v) is 5.03. The molecular formula is C9H18OS. The first-order valence-corrected chi connectivity index (χ1v) is 4.54. The van der Waals surface area contributed by atoms with Crippen LogP contribution in [0.1, 0.15) is 40.5 Å². The van der Waals surface area contributed by atoms with Crippen molar-refractivity contribution in [1.82, 2.24) is 0 Å². The van der Waals surface area contributed by atoms with Gasteiger partial charge in [-0.3, -0.25) is 4.79 Å². The van der Waals surface area contributed by atoms with Crippen LogP contribution in [0.3, 0.4) is 0 Å². The molecule has 0 amide bonds. The highest BCUT2D eigenvalue weighted by molar-refractivity contribution is 7.82. The molecule has 0 saturated heterocycles. The molecule has 0 unspecified atom stereocenters. The zero-order chi connectivity index (χ0) is 9.07. The van der Waals surface area contributed by atoms with Gasteiger partial charge < -0.3 is 0 Å². The van der Waals surface area contributed by atoms with Crippen LogP contribution in [0.2, 0.25) is 0 Å². The van der Waals surface area contributed by atoms with E-state index in [1.165, 1.54) is 0 Å². The molecule has 0 aromatic carbocycles. The molecule has 0 radical (unpaired) electrons. The van der Waals surface area contributed by atoms with E-state index in [0.29, 0.717) is 12.3 Å². The number of hydrogen-bond donors (Lipinski definition) is 1. The van der Waals surface area contributed by atoms with E-state index in [-0.39, 0.29) is 5.78 Å². The Bertz CT molecular complexity index is 133. The van der Waals surface area contributed by atoms with Crippen LogP contribution >= 0.6 is 12.6 Å². The minimum absolute atomic E-state index is 0.245. The van der Waals surface area contributed by atoms with Gasteiger partial charge in [-0.1, -0.05) is 13.8 Å². The summed E-state index contributed by atoms with van der Waals surface area (Å²) in [4.78, 5) is 11.3. The first-order valence-electron chi connectivity index (χ1n) is 4.09. The number of carbonyl (C=O) groups excluding carboxylic acids is 1. The maximum absolute atomic E-state index is 11.3. The second kappa shape index (κ2) is 4.15. The third-order valence-corrected chi connectivity index (χ3v) is 1.88. The topological polar surface area (TPSA) is 17.1 Å². The largest absolute Gasteiger partial charge is 0.298 e. The predicted molar refractivity (Wildman–Crippen MR) is 52.1 cm³/mol. The van der Waals surface area contributed by atoms with Gasteiger partial charge in [-0.15, -0.1) is 0 Å². The van der Waals surface area contributed by atoms with Crippen molar-refractivity contribution < 1.29 is 4.79 Å². The van der Waals surface area contributed by atoms with Gasteiger partial charge >= 0.3 is 0 Å². The van der Waals surface area contributed by atoms with Crippen molar-refractivity contribution in [3.05, 3.63) is 0 Å². The van der Waals surface area contributed by atoms with E-state index in [1.54, 1.807) is 0 Å². The summed E-state index contributed by atoms with van der Waals surface area (Å²) < 4.78 is -0.450. The maximum atomic E-state index is 11.3. The molecule has 0 aromatic rings. The summed E-state index contributed by atoms with van der Waals surface area (Å²) in [5.41, 5.74) is 0. The molecule has 0 aromatic heterocycles. The molecule has 0 atom stereocenters. The molecule has 66 valence electrons. The van der Waals surface area contributed by atoms with Gasteiger partial charge in [-0.2, -0.15) is 12.6 Å². The lowest BCUT2D eigenvalue weighted by Crippen LogP contribution is -2.24. The maximum Gasteiger partial charge on any atom is 0.148 e. The summed E-state index contributed by atoms with van der Waals surface area (Å²) in [5, 5.41) is 0. The van der Waals surface area contributed by atoms with Crippen molar-refractivity contribution in [2.24, 2.45) is 5.92 Å². The number of hydrogen-bond acceptors (Lipinski definition) is 2. The summed E-state index contributed by atoms with van der Waals surface area (Å²) >= 11 is 4.20. The van der Waals surface area contributed by atoms with E-state index >= 15 is 0 Å². The fourth-order valence-corrected chi connectivity index (χ4v) is 0.837. The van der Waals surface area contributed by atoms with Gasteiger partial charge in [-0.25, -0.2) is 0 Å². The summed E-state index contributed by atoms with van der Waals surface area (Å²) in [7, 11) is 0. The van der Waals surface area contributed by atoms with Crippen molar-refractivity contribution in [3.63, 3.8) is 0 Å². The number of Topliss-reactive ketones (excluding diaryl/α,β-unsaturated/α-hetero) is 1. The minimum atomic E-state index is -0.450. The lowest BCUT2D eigenvalue weighted by atomic mass is 9.99. The molecule has 0 bridgehead atoms. The normalized spacial score (nSPS) is 12.2. The van der Waals surface area contributed by atoms with Crippen LogP contribution < -0.4 is 0 Å². The molecule has 0 fully saturated rings. The van der Waals surface area contributed by atoms with Crippen molar-refractivity contribution in [2.75, 3.05) is 0 Å². The Morgan fingerprint density at radius 2 is 1.91 bits per heavy atom. The lowest BCUT2D eigenvalue weighted by molar-refractivity contribution is -0.120. The molecular weight excluding hydrogens is 156 g/mol. The van der Waals surface area contributed by atoms with Crippen LogP contribution in [0.15, 0.2) is 0 Å². The van der Waals surface area contributed by atoms with Gasteiger partial charge in [0.25, 0.3) is 0 Å². The molecule has 0 N–H and O–H groups in total. The van der Waals surface area contributed by atoms with Gasteiger partial charge in [0, 0.05) is 6.42 Å². The summed E-state index contributed by atoms with van der Waals surface area (Å²) in [6.07, 6.45) is 1.64. The Labute approximate surface area is 75.0 Å². The molecule has 0 rings (SSSR count). The van der Waals surface area contributed by atoms with Gasteiger partial charge in [0.1, 0.15) is 5.78 Å². The molecule has 11 heavy (non-hydrogen) atoms. The highest BCUT2D eigenvalue weighted by Crippen LogP contribution is 2.17. The first kappa shape index (κ1) is 11.0. The molecule has 0 aliphatic heterocycles. The Balaban J connectivity index is 3.71. The highest BCUT2D eigenvalue weighted by Gasteiger charge is 2.21. The van der Waals surface area contributed by atoms with Crippen LogP contribution in [0, 0.1) is 5.92 Å². The number of ketones is 1. The molecule has 0 saturated carbocycles. The van der Waals surface area contributed by atoms with Crippen molar-refractivity contribution in [3.8, 4) is 0 Å². The fourth-order valence-electron chi connectivity index (χ4n) is 0.726. The third kappa shape index (κ3) is 5.31. The average Bonchev–Trinajstić information content (AvgIpc) is 1.80. The standard InChI is InChI=1S/C9H18OS/c1-7(2)5-6-8(10)9(3,4)11/h7,11H,5-6H2,1-4H3. The van der Waals surface area contributed by atoms with E-state index in [9.17, 15) is 4.79 Å². The van der Waals surface area contributed by atoms with E-state index < -0.39 is 4.75 Å². The zero-order valence-corrected chi connectivity index (χ0v) is 8.74. The minimum Gasteiger partial charge on any atom is -0.298 e. The Morgan fingerprint density at radius 3 is 2.18 bits per heavy atom. The van der Waals surface area contributed by atoms with E-state index in [2.05, 4.69) is 26.5 Å². The Hall–Kier alpha value is 0.0200. The van der Waals surface area contributed by atoms with Gasteiger partial charge in [-0.05, 0) is 26.2 Å². The molecule has 0 aliphatic carbocycles. The molecule has 0 spiro atoms. The van der Waals surface area contributed by atoms with Crippen LogP contribution in [0.25, 0.3) is 0 Å². The first-order chi connectivity index (χ1) is 4.84. The zero-order valence-electron chi connectivity index (χ0n) is 7.85. The van der Waals surface area contributed by atoms with Crippen LogP contribution in [0.5, 0.6) is 0 Å². The summed E-state index contributed by atoms with van der Waals surface area (Å²) in [6.45, 7) is 7.94. The summed E-state index contributed by atoms with van der Waals surface area (Å²) in [6, 6.07) is 0.